The molecule has 0 atom stereocenters. The monoisotopic (exact) mass is 298 g/mol. The summed E-state index contributed by atoms with van der Waals surface area (Å²) in [6.07, 6.45) is 3.05. The predicted octanol–water partition coefficient (Wildman–Crippen LogP) is 0.833. The number of amides is 1. The highest BCUT2D eigenvalue weighted by molar-refractivity contribution is 7.09. The Morgan fingerprint density at radius 2 is 2.00 bits per heavy atom. The van der Waals surface area contributed by atoms with Crippen LogP contribution in [-0.4, -0.2) is 40.6 Å². The number of aliphatic hydroxyl groups is 1. The number of hydrogen-bond donors (Lipinski definition) is 2. The summed E-state index contributed by atoms with van der Waals surface area (Å²) in [4.78, 5) is 15.2. The lowest BCUT2D eigenvalue weighted by atomic mass is 9.79. The van der Waals surface area contributed by atoms with Crippen LogP contribution in [0.15, 0.2) is 5.38 Å². The molecule has 0 radical (unpaired) electrons. The van der Waals surface area contributed by atoms with E-state index < -0.39 is 17.3 Å². The highest BCUT2D eigenvalue weighted by Crippen LogP contribution is 2.41. The van der Waals surface area contributed by atoms with Gasteiger partial charge in [0, 0.05) is 24.6 Å². The van der Waals surface area contributed by atoms with Gasteiger partial charge >= 0.3 is 0 Å². The summed E-state index contributed by atoms with van der Waals surface area (Å²) in [6.45, 7) is 1.26. The van der Waals surface area contributed by atoms with Crippen molar-refractivity contribution in [3.05, 3.63) is 16.1 Å². The summed E-state index contributed by atoms with van der Waals surface area (Å²) in [5, 5.41) is 13.0. The van der Waals surface area contributed by atoms with Crippen LogP contribution in [0.25, 0.3) is 0 Å². The summed E-state index contributed by atoms with van der Waals surface area (Å²) in [6, 6.07) is 0. The molecule has 20 heavy (non-hydrogen) atoms. The van der Waals surface area contributed by atoms with Gasteiger partial charge in [0.25, 0.3) is 5.91 Å². The van der Waals surface area contributed by atoms with Crippen molar-refractivity contribution in [2.75, 3.05) is 13.2 Å². The molecule has 0 aromatic carbocycles. The molecule has 3 rings (SSSR count). The summed E-state index contributed by atoms with van der Waals surface area (Å²) < 4.78 is 11.3. The molecule has 0 bridgehead atoms. The Morgan fingerprint density at radius 3 is 2.55 bits per heavy atom. The second-order valence-corrected chi connectivity index (χ2v) is 6.44. The van der Waals surface area contributed by atoms with Gasteiger partial charge in [-0.05, 0) is 12.8 Å². The number of hydrogen-bond acceptors (Lipinski definition) is 6. The molecule has 0 unspecified atom stereocenters. The fourth-order valence-corrected chi connectivity index (χ4v) is 3.77. The Balaban J connectivity index is 1.63. The number of ether oxygens (including phenoxy) is 2. The summed E-state index contributed by atoms with van der Waals surface area (Å²) in [5.74, 6) is -1.01. The van der Waals surface area contributed by atoms with Crippen LogP contribution in [0.1, 0.15) is 41.2 Å². The number of thiazole rings is 1. The topological polar surface area (TPSA) is 94.7 Å². The van der Waals surface area contributed by atoms with Gasteiger partial charge in [-0.15, -0.1) is 11.3 Å². The van der Waals surface area contributed by atoms with Crippen molar-refractivity contribution in [2.24, 2.45) is 5.73 Å². The molecular weight excluding hydrogens is 280 g/mol. The molecule has 3 N–H and O–H groups in total. The highest BCUT2D eigenvalue weighted by atomic mass is 32.1. The number of aromatic nitrogens is 1. The molecule has 1 saturated carbocycles. The van der Waals surface area contributed by atoms with Crippen molar-refractivity contribution in [1.82, 2.24) is 4.98 Å². The fraction of sp³-hybridized carbons (Fsp3) is 0.692. The van der Waals surface area contributed by atoms with Crippen LogP contribution in [0.4, 0.5) is 0 Å². The molecule has 6 nitrogen and oxygen atoms in total. The molecule has 1 spiro atoms. The Morgan fingerprint density at radius 1 is 1.35 bits per heavy atom. The van der Waals surface area contributed by atoms with Crippen molar-refractivity contribution in [3.8, 4) is 0 Å². The first-order valence-corrected chi connectivity index (χ1v) is 7.63. The van der Waals surface area contributed by atoms with E-state index in [-0.39, 0.29) is 5.69 Å². The van der Waals surface area contributed by atoms with Gasteiger partial charge in [-0.2, -0.15) is 0 Å². The van der Waals surface area contributed by atoms with E-state index in [4.69, 9.17) is 15.2 Å². The zero-order valence-corrected chi connectivity index (χ0v) is 11.9. The molecule has 1 saturated heterocycles. The minimum atomic E-state index is -0.798. The van der Waals surface area contributed by atoms with E-state index in [1.807, 2.05) is 0 Å². The Hall–Kier alpha value is -1.02. The van der Waals surface area contributed by atoms with Gasteiger partial charge in [0.05, 0.1) is 23.8 Å². The molecule has 1 aliphatic heterocycles. The predicted molar refractivity (Wildman–Crippen MR) is 72.4 cm³/mol. The number of carbonyl (C=O) groups is 1. The molecule has 2 heterocycles. The average molecular weight is 298 g/mol. The van der Waals surface area contributed by atoms with Crippen LogP contribution in [0, 0.1) is 0 Å². The smallest absolute Gasteiger partial charge is 0.268 e. The van der Waals surface area contributed by atoms with E-state index >= 15 is 0 Å². The zero-order chi connectivity index (χ0) is 14.2. The second-order valence-electron chi connectivity index (χ2n) is 5.50. The minimum Gasteiger partial charge on any atom is -0.389 e. The third-order valence-electron chi connectivity index (χ3n) is 4.04. The van der Waals surface area contributed by atoms with E-state index in [1.54, 1.807) is 5.38 Å². The molecule has 1 amide bonds. The van der Waals surface area contributed by atoms with Crippen molar-refractivity contribution in [1.29, 1.82) is 0 Å². The maximum absolute atomic E-state index is 11.0. The van der Waals surface area contributed by atoms with E-state index in [9.17, 15) is 9.90 Å². The van der Waals surface area contributed by atoms with E-state index in [0.29, 0.717) is 45.3 Å². The average Bonchev–Trinajstić information content (AvgIpc) is 3.04. The molecule has 1 aliphatic carbocycles. The summed E-state index contributed by atoms with van der Waals surface area (Å²) in [5.41, 5.74) is 4.65. The van der Waals surface area contributed by atoms with Gasteiger partial charge in [-0.3, -0.25) is 4.79 Å². The number of primary amides is 1. The van der Waals surface area contributed by atoms with Crippen LogP contribution in [-0.2, 0) is 15.9 Å². The number of nitrogens with zero attached hydrogens (tertiary/aromatic N) is 1. The molecule has 110 valence electrons. The largest absolute Gasteiger partial charge is 0.389 e. The Bertz CT molecular complexity index is 500. The molecule has 1 aromatic heterocycles. The van der Waals surface area contributed by atoms with E-state index in [1.165, 1.54) is 11.3 Å². The lowest BCUT2D eigenvalue weighted by Gasteiger charge is -2.40. The van der Waals surface area contributed by atoms with Crippen molar-refractivity contribution >= 4 is 17.2 Å². The van der Waals surface area contributed by atoms with E-state index in [0.717, 1.165) is 5.01 Å². The summed E-state index contributed by atoms with van der Waals surface area (Å²) >= 11 is 1.36. The molecular formula is C13H18N2O4S. The quantitative estimate of drug-likeness (QED) is 0.862. The number of carbonyl (C=O) groups excluding carboxylic acids is 1. The third kappa shape index (κ3) is 2.71. The van der Waals surface area contributed by atoms with Crippen LogP contribution in [0.3, 0.4) is 0 Å². The van der Waals surface area contributed by atoms with Gasteiger partial charge in [-0.1, -0.05) is 0 Å². The van der Waals surface area contributed by atoms with Crippen molar-refractivity contribution in [2.45, 2.75) is 43.5 Å². The Labute approximate surface area is 120 Å². The summed E-state index contributed by atoms with van der Waals surface area (Å²) in [7, 11) is 0. The first-order chi connectivity index (χ1) is 9.50. The first kappa shape index (κ1) is 13.9. The lowest BCUT2D eigenvalue weighted by Crippen LogP contribution is -2.44. The maximum Gasteiger partial charge on any atom is 0.268 e. The van der Waals surface area contributed by atoms with Gasteiger partial charge in [0.2, 0.25) is 0 Å². The normalized spacial score (nSPS) is 24.1. The van der Waals surface area contributed by atoms with Crippen molar-refractivity contribution < 1.29 is 19.4 Å². The van der Waals surface area contributed by atoms with Gasteiger partial charge in [0.1, 0.15) is 5.69 Å². The molecule has 1 aromatic rings. The molecule has 2 aliphatic rings. The zero-order valence-electron chi connectivity index (χ0n) is 11.1. The van der Waals surface area contributed by atoms with Gasteiger partial charge in [-0.25, -0.2) is 4.98 Å². The lowest BCUT2D eigenvalue weighted by molar-refractivity contribution is -0.202. The second kappa shape index (κ2) is 5.07. The number of rotatable bonds is 3. The fourth-order valence-electron chi connectivity index (χ4n) is 2.85. The van der Waals surface area contributed by atoms with Crippen LogP contribution in [0.2, 0.25) is 0 Å². The van der Waals surface area contributed by atoms with Crippen LogP contribution < -0.4 is 5.73 Å². The maximum atomic E-state index is 11.0. The molecule has 7 heteroatoms. The highest BCUT2D eigenvalue weighted by Gasteiger charge is 2.45. The van der Waals surface area contributed by atoms with Gasteiger partial charge in [0.15, 0.2) is 5.79 Å². The van der Waals surface area contributed by atoms with E-state index in [2.05, 4.69) is 4.98 Å². The van der Waals surface area contributed by atoms with Crippen LogP contribution in [0.5, 0.6) is 0 Å². The van der Waals surface area contributed by atoms with Crippen molar-refractivity contribution in [3.63, 3.8) is 0 Å². The molecule has 2 fully saturated rings. The van der Waals surface area contributed by atoms with Crippen LogP contribution >= 0.6 is 11.3 Å². The van der Waals surface area contributed by atoms with Gasteiger partial charge < -0.3 is 20.3 Å². The first-order valence-electron chi connectivity index (χ1n) is 6.75. The standard InChI is InChI=1S/C13H18N2O4S/c14-11(16)9-8-20-10(15-9)7-12(17)1-3-13(4-2-12)18-5-6-19-13/h8,17H,1-7H2,(H2,14,16). The third-order valence-corrected chi connectivity index (χ3v) is 4.89. The Kier molecular flexibility index (Phi) is 3.53. The SMILES string of the molecule is NC(=O)c1csc(CC2(O)CCC3(CC2)OCCO3)n1. The number of nitrogens with two attached hydrogens (primary N) is 1. The minimum absolute atomic E-state index is 0.267.